The van der Waals surface area contributed by atoms with Crippen molar-refractivity contribution < 1.29 is 14.9 Å². The summed E-state index contributed by atoms with van der Waals surface area (Å²) < 4.78 is 27.0. The zero-order valence-corrected chi connectivity index (χ0v) is 20.7. The van der Waals surface area contributed by atoms with Crippen LogP contribution in [-0.2, 0) is 6.54 Å². The molecule has 0 spiro atoms. The van der Waals surface area contributed by atoms with Gasteiger partial charge in [-0.1, -0.05) is 18.2 Å². The van der Waals surface area contributed by atoms with Crippen molar-refractivity contribution in [3.8, 4) is 34.3 Å². The number of hydrogen-bond donors (Lipinski definition) is 3. The summed E-state index contributed by atoms with van der Waals surface area (Å²) in [5.74, 6) is 0.708. The van der Waals surface area contributed by atoms with Gasteiger partial charge >= 0.3 is 0 Å². The molecule has 9 heteroatoms. The Morgan fingerprint density at radius 1 is 1.00 bits per heavy atom. The Labute approximate surface area is 202 Å². The van der Waals surface area contributed by atoms with E-state index in [0.29, 0.717) is 33.8 Å². The molecule has 0 saturated heterocycles. The molecule has 0 aliphatic carbocycles. The first-order valence-electron chi connectivity index (χ1n) is 11.0. The summed E-state index contributed by atoms with van der Waals surface area (Å²) in [6.45, 7) is 8.10. The molecule has 2 aromatic carbocycles. The molecule has 3 N–H and O–H groups in total. The molecule has 0 aliphatic rings. The van der Waals surface area contributed by atoms with E-state index in [4.69, 9.17) is 9.40 Å². The molecule has 8 nitrogen and oxygen atoms in total. The van der Waals surface area contributed by atoms with Crippen LogP contribution in [0.3, 0.4) is 0 Å². The van der Waals surface area contributed by atoms with Crippen molar-refractivity contribution in [3.63, 3.8) is 0 Å². The first-order chi connectivity index (χ1) is 16.2. The van der Waals surface area contributed by atoms with Gasteiger partial charge in [0.1, 0.15) is 5.69 Å². The van der Waals surface area contributed by atoms with Crippen molar-refractivity contribution in [3.05, 3.63) is 65.5 Å². The second-order valence-electron chi connectivity index (χ2n) is 8.45. The molecule has 0 aliphatic heterocycles. The molecule has 4 rings (SSSR count). The lowest BCUT2D eigenvalue weighted by atomic mass is 10.1. The monoisotopic (exact) mass is 481 g/mol. The van der Waals surface area contributed by atoms with Crippen molar-refractivity contribution in [1.82, 2.24) is 25.5 Å². The predicted molar refractivity (Wildman–Crippen MR) is 137 cm³/mol. The van der Waals surface area contributed by atoms with Gasteiger partial charge in [-0.2, -0.15) is 10.6 Å². The van der Waals surface area contributed by atoms with Gasteiger partial charge in [0.25, 0.3) is 5.89 Å². The van der Waals surface area contributed by atoms with Crippen LogP contribution in [0, 0.1) is 13.8 Å². The Hall–Kier alpha value is -3.11. The van der Waals surface area contributed by atoms with Crippen LogP contribution < -0.4 is 5.32 Å². The first kappa shape index (κ1) is 24.0. The number of hydrogen-bond acceptors (Lipinski definition) is 8. The van der Waals surface area contributed by atoms with E-state index in [1.807, 2.05) is 57.3 Å². The molecule has 4 aromatic rings. The van der Waals surface area contributed by atoms with Gasteiger partial charge in [-0.15, -0.1) is 10.2 Å². The summed E-state index contributed by atoms with van der Waals surface area (Å²) in [7, 11) is -0.960. The highest BCUT2D eigenvalue weighted by molar-refractivity contribution is 8.24. The van der Waals surface area contributed by atoms with E-state index in [0.717, 1.165) is 28.8 Å². The zero-order valence-electron chi connectivity index (χ0n) is 19.9. The number of aromatic nitrogens is 4. The maximum atomic E-state index is 10.6. The summed E-state index contributed by atoms with van der Waals surface area (Å²) in [5, 5.41) is 11.3. The van der Waals surface area contributed by atoms with Gasteiger partial charge in [0.15, 0.2) is 0 Å². The summed E-state index contributed by atoms with van der Waals surface area (Å²) in [6, 6.07) is 13.4. The van der Waals surface area contributed by atoms with Crippen molar-refractivity contribution in [2.75, 3.05) is 7.05 Å². The minimum absolute atomic E-state index is 0. The summed E-state index contributed by atoms with van der Waals surface area (Å²) in [6.07, 6.45) is 1.69. The second kappa shape index (κ2) is 9.63. The second-order valence-corrected chi connectivity index (χ2v) is 11.0. The highest BCUT2D eigenvalue weighted by Crippen LogP contribution is 2.53. The number of nitrogens with zero attached hydrogens (tertiary/aromatic N) is 4. The fourth-order valence-corrected chi connectivity index (χ4v) is 4.90. The van der Waals surface area contributed by atoms with Crippen molar-refractivity contribution in [2.45, 2.75) is 44.4 Å². The Kier molecular flexibility index (Phi) is 6.81. The maximum absolute atomic E-state index is 10.6. The van der Waals surface area contributed by atoms with E-state index in [1.165, 1.54) is 0 Å². The van der Waals surface area contributed by atoms with Gasteiger partial charge in [0, 0.05) is 24.3 Å². The van der Waals surface area contributed by atoms with Crippen LogP contribution in [0.2, 0.25) is 0 Å². The number of rotatable bonds is 7. The first-order valence-corrected chi connectivity index (χ1v) is 12.6. The number of aryl methyl sites for hydroxylation is 2. The van der Waals surface area contributed by atoms with Gasteiger partial charge in [-0.3, -0.25) is 14.1 Å². The van der Waals surface area contributed by atoms with E-state index in [1.54, 1.807) is 26.1 Å². The minimum Gasteiger partial charge on any atom is -0.415 e. The quantitative estimate of drug-likeness (QED) is 0.296. The normalized spacial score (nSPS) is 12.4. The van der Waals surface area contributed by atoms with E-state index < -0.39 is 10.6 Å². The number of nitrogens with one attached hydrogen (secondary N) is 1. The Bertz CT molecular complexity index is 1310. The largest absolute Gasteiger partial charge is 0.415 e. The minimum atomic E-state index is -2.87. The fraction of sp³-hybridized carbons (Fsp3) is 0.280. The van der Waals surface area contributed by atoms with Crippen LogP contribution in [0.25, 0.3) is 34.3 Å². The SMILES string of the molecule is CNCc1ccc(-c2nnc(-c3nc(-c4ccc(S(O)(O)C(C)C)c(C)c4)cnc3C)o2)cc1.[HH]. The highest BCUT2D eigenvalue weighted by Gasteiger charge is 2.23. The van der Waals surface area contributed by atoms with Crippen LogP contribution >= 0.6 is 10.6 Å². The molecular weight excluding hydrogens is 450 g/mol. The van der Waals surface area contributed by atoms with Crippen LogP contribution in [0.5, 0.6) is 0 Å². The maximum Gasteiger partial charge on any atom is 0.268 e. The molecule has 0 atom stereocenters. The summed E-state index contributed by atoms with van der Waals surface area (Å²) in [4.78, 5) is 9.78. The van der Waals surface area contributed by atoms with Gasteiger partial charge in [0.05, 0.1) is 22.5 Å². The zero-order chi connectivity index (χ0) is 24.5. The Balaban J connectivity index is 0.00000342. The Morgan fingerprint density at radius 2 is 1.68 bits per heavy atom. The molecule has 2 heterocycles. The lowest BCUT2D eigenvalue weighted by molar-refractivity contribution is 0.476. The average Bonchev–Trinajstić information content (AvgIpc) is 3.30. The van der Waals surface area contributed by atoms with E-state index >= 15 is 0 Å². The average molecular weight is 482 g/mol. The third-order valence-electron chi connectivity index (χ3n) is 5.62. The van der Waals surface area contributed by atoms with E-state index in [-0.39, 0.29) is 6.68 Å². The molecule has 0 radical (unpaired) electrons. The van der Waals surface area contributed by atoms with Crippen molar-refractivity contribution in [2.24, 2.45) is 0 Å². The van der Waals surface area contributed by atoms with Crippen LogP contribution in [0.15, 0.2) is 58.0 Å². The molecule has 34 heavy (non-hydrogen) atoms. The third kappa shape index (κ3) is 4.74. The topological polar surface area (TPSA) is 117 Å². The fourth-order valence-electron chi connectivity index (χ4n) is 3.60. The standard InChI is InChI=1S/C25H29N5O3S.H2/c1-15(2)34(31,32)22-11-10-20(12-16(22)3)21-14-27-17(4)23(28-21)25-30-29-24(33-25)19-8-6-18(7-9-19)13-26-5;/h6-12,14-15,26,31-32H,13H2,1-5H3;1H. The third-order valence-corrected chi connectivity index (χ3v) is 8.04. The smallest absolute Gasteiger partial charge is 0.268 e. The van der Waals surface area contributed by atoms with Gasteiger partial charge in [-0.05, 0) is 70.1 Å². The van der Waals surface area contributed by atoms with E-state index in [2.05, 4.69) is 20.5 Å². The molecular formula is C25H31N5O3S. The molecule has 2 aromatic heterocycles. The highest BCUT2D eigenvalue weighted by atomic mass is 32.3. The van der Waals surface area contributed by atoms with E-state index in [9.17, 15) is 9.11 Å². The molecule has 180 valence electrons. The predicted octanol–water partition coefficient (Wildman–Crippen LogP) is 5.96. The summed E-state index contributed by atoms with van der Waals surface area (Å²) in [5.41, 5.74) is 5.41. The lowest BCUT2D eigenvalue weighted by Gasteiger charge is -2.37. The molecule has 0 saturated carbocycles. The van der Waals surface area contributed by atoms with Crippen molar-refractivity contribution in [1.29, 1.82) is 0 Å². The van der Waals surface area contributed by atoms with Crippen molar-refractivity contribution >= 4 is 10.6 Å². The number of benzene rings is 2. The Morgan fingerprint density at radius 3 is 2.32 bits per heavy atom. The van der Waals surface area contributed by atoms with Gasteiger partial charge < -0.3 is 9.73 Å². The lowest BCUT2D eigenvalue weighted by Crippen LogP contribution is -2.11. The summed E-state index contributed by atoms with van der Waals surface area (Å²) >= 11 is 0. The van der Waals surface area contributed by atoms with Crippen LogP contribution in [0.4, 0.5) is 0 Å². The molecule has 0 amide bonds. The van der Waals surface area contributed by atoms with Crippen LogP contribution in [-0.4, -0.2) is 41.6 Å². The molecule has 0 unspecified atom stereocenters. The molecule has 0 fully saturated rings. The van der Waals surface area contributed by atoms with Crippen LogP contribution in [0.1, 0.15) is 32.1 Å². The molecule has 0 bridgehead atoms. The van der Waals surface area contributed by atoms with Gasteiger partial charge in [0.2, 0.25) is 5.89 Å². The van der Waals surface area contributed by atoms with Gasteiger partial charge in [-0.25, -0.2) is 4.98 Å².